The number of aryl methyl sites for hydroxylation is 1. The van der Waals surface area contributed by atoms with Crippen molar-refractivity contribution in [2.24, 2.45) is 16.5 Å². The quantitative estimate of drug-likeness (QED) is 0.494. The van der Waals surface area contributed by atoms with Crippen molar-refractivity contribution in [1.82, 2.24) is 9.97 Å². The van der Waals surface area contributed by atoms with Crippen LogP contribution < -0.4 is 11.5 Å². The van der Waals surface area contributed by atoms with E-state index in [9.17, 15) is 0 Å². The molecule has 0 saturated carbocycles. The number of benzene rings is 1. The maximum absolute atomic E-state index is 5.38. The molecule has 3 aromatic rings. The topological polar surface area (TPSA) is 93.1 Å². The number of rotatable bonds is 2. The summed E-state index contributed by atoms with van der Waals surface area (Å²) in [5, 5.41) is 1.73. The van der Waals surface area contributed by atoms with E-state index < -0.39 is 0 Å². The molecule has 96 valence electrons. The molecule has 0 radical (unpaired) electrons. The first-order valence-corrected chi connectivity index (χ1v) is 6.60. The van der Waals surface area contributed by atoms with Crippen LogP contribution in [-0.4, -0.2) is 15.9 Å². The van der Waals surface area contributed by atoms with Crippen molar-refractivity contribution in [3.8, 4) is 11.3 Å². The number of hydrogen-bond donors (Lipinski definition) is 3. The van der Waals surface area contributed by atoms with Gasteiger partial charge in [-0.3, -0.25) is 0 Å². The predicted molar refractivity (Wildman–Crippen MR) is 79.6 cm³/mol. The highest BCUT2D eigenvalue weighted by atomic mass is 32.1. The Morgan fingerprint density at radius 3 is 2.89 bits per heavy atom. The Bertz CT molecular complexity index is 764. The molecule has 2 aromatic heterocycles. The van der Waals surface area contributed by atoms with Crippen LogP contribution in [0, 0.1) is 6.92 Å². The number of aliphatic imine (C=N–C) groups is 1. The Balaban J connectivity index is 2.16. The summed E-state index contributed by atoms with van der Waals surface area (Å²) in [7, 11) is 0. The van der Waals surface area contributed by atoms with Crippen LogP contribution in [0.2, 0.25) is 0 Å². The zero-order chi connectivity index (χ0) is 13.4. The number of para-hydroxylation sites is 1. The normalized spacial score (nSPS) is 10.8. The van der Waals surface area contributed by atoms with E-state index in [-0.39, 0.29) is 5.96 Å². The first kappa shape index (κ1) is 11.7. The maximum atomic E-state index is 5.38. The van der Waals surface area contributed by atoms with Gasteiger partial charge in [-0.25, -0.2) is 4.98 Å². The highest BCUT2D eigenvalue weighted by molar-refractivity contribution is 7.15. The second-order valence-corrected chi connectivity index (χ2v) is 5.37. The van der Waals surface area contributed by atoms with Gasteiger partial charge in [-0.2, -0.15) is 4.99 Å². The SMILES string of the molecule is Cc1sc(N=C(N)N)nc1-c1c[nH]c2ccccc12. The van der Waals surface area contributed by atoms with Crippen LogP contribution in [-0.2, 0) is 0 Å². The van der Waals surface area contributed by atoms with E-state index in [0.29, 0.717) is 5.13 Å². The van der Waals surface area contributed by atoms with Crippen molar-refractivity contribution in [3.63, 3.8) is 0 Å². The van der Waals surface area contributed by atoms with Crippen LogP contribution in [0.15, 0.2) is 35.5 Å². The van der Waals surface area contributed by atoms with E-state index >= 15 is 0 Å². The minimum Gasteiger partial charge on any atom is -0.370 e. The summed E-state index contributed by atoms with van der Waals surface area (Å²) in [6.07, 6.45) is 1.96. The van der Waals surface area contributed by atoms with E-state index in [2.05, 4.69) is 21.0 Å². The fourth-order valence-corrected chi connectivity index (χ4v) is 2.87. The molecule has 6 heteroatoms. The van der Waals surface area contributed by atoms with Crippen LogP contribution in [0.4, 0.5) is 5.13 Å². The van der Waals surface area contributed by atoms with Gasteiger partial charge in [0.25, 0.3) is 0 Å². The van der Waals surface area contributed by atoms with Crippen LogP contribution in [0.1, 0.15) is 4.88 Å². The molecule has 19 heavy (non-hydrogen) atoms. The first-order valence-electron chi connectivity index (χ1n) is 5.78. The molecule has 5 N–H and O–H groups in total. The van der Waals surface area contributed by atoms with Crippen molar-refractivity contribution in [3.05, 3.63) is 35.3 Å². The molecule has 0 spiro atoms. The van der Waals surface area contributed by atoms with E-state index in [0.717, 1.165) is 27.0 Å². The lowest BCUT2D eigenvalue weighted by atomic mass is 10.1. The number of fused-ring (bicyclic) bond motifs is 1. The summed E-state index contributed by atoms with van der Waals surface area (Å²) < 4.78 is 0. The lowest BCUT2D eigenvalue weighted by Gasteiger charge is -1.95. The number of nitrogens with two attached hydrogens (primary N) is 2. The fraction of sp³-hybridized carbons (Fsp3) is 0.0769. The van der Waals surface area contributed by atoms with Crippen molar-refractivity contribution >= 4 is 33.3 Å². The van der Waals surface area contributed by atoms with Crippen molar-refractivity contribution in [2.45, 2.75) is 6.92 Å². The molecule has 0 saturated heterocycles. The average molecular weight is 271 g/mol. The maximum Gasteiger partial charge on any atom is 0.213 e. The van der Waals surface area contributed by atoms with E-state index in [4.69, 9.17) is 11.5 Å². The standard InChI is InChI=1S/C13H13N5S/c1-7-11(17-13(19-7)18-12(14)15)9-6-16-10-5-3-2-4-8(9)10/h2-6,16H,1H3,(H4,14,15,17,18). The van der Waals surface area contributed by atoms with Gasteiger partial charge in [-0.1, -0.05) is 29.5 Å². The third-order valence-electron chi connectivity index (χ3n) is 2.85. The molecular weight excluding hydrogens is 258 g/mol. The number of nitrogens with zero attached hydrogens (tertiary/aromatic N) is 2. The summed E-state index contributed by atoms with van der Waals surface area (Å²) in [4.78, 5) is 12.8. The average Bonchev–Trinajstić information content (AvgIpc) is 2.92. The second-order valence-electron chi connectivity index (χ2n) is 4.19. The van der Waals surface area contributed by atoms with Crippen LogP contribution >= 0.6 is 11.3 Å². The number of aromatic amines is 1. The molecule has 0 aliphatic rings. The van der Waals surface area contributed by atoms with Gasteiger partial charge in [-0.15, -0.1) is 0 Å². The van der Waals surface area contributed by atoms with Gasteiger partial charge in [0.05, 0.1) is 5.69 Å². The van der Waals surface area contributed by atoms with E-state index in [1.165, 1.54) is 11.3 Å². The molecule has 0 amide bonds. The Hall–Kier alpha value is -2.34. The van der Waals surface area contributed by atoms with Crippen LogP contribution in [0.25, 0.3) is 22.2 Å². The van der Waals surface area contributed by atoms with Crippen LogP contribution in [0.5, 0.6) is 0 Å². The summed E-state index contributed by atoms with van der Waals surface area (Å²) in [6, 6.07) is 8.12. The Kier molecular flexibility index (Phi) is 2.72. The molecule has 0 fully saturated rings. The minimum atomic E-state index is 0.0271. The van der Waals surface area contributed by atoms with Gasteiger partial charge in [-0.05, 0) is 13.0 Å². The summed E-state index contributed by atoms with van der Waals surface area (Å²) in [5.41, 5.74) is 13.8. The molecule has 1 aromatic carbocycles. The number of guanidine groups is 1. The van der Waals surface area contributed by atoms with Gasteiger partial charge in [0.15, 0.2) is 5.96 Å². The number of H-pyrrole nitrogens is 1. The molecule has 0 aliphatic heterocycles. The molecule has 0 aliphatic carbocycles. The van der Waals surface area contributed by atoms with E-state index in [1.807, 2.05) is 31.3 Å². The van der Waals surface area contributed by atoms with Crippen molar-refractivity contribution < 1.29 is 0 Å². The lowest BCUT2D eigenvalue weighted by Crippen LogP contribution is -2.21. The smallest absolute Gasteiger partial charge is 0.213 e. The Labute approximate surface area is 114 Å². The number of aromatic nitrogens is 2. The molecular formula is C13H13N5S. The highest BCUT2D eigenvalue weighted by Gasteiger charge is 2.13. The molecule has 5 nitrogen and oxygen atoms in total. The molecule has 0 bridgehead atoms. The van der Waals surface area contributed by atoms with Gasteiger partial charge in [0, 0.05) is 27.5 Å². The third-order valence-corrected chi connectivity index (χ3v) is 3.72. The monoisotopic (exact) mass is 271 g/mol. The minimum absolute atomic E-state index is 0.0271. The zero-order valence-corrected chi connectivity index (χ0v) is 11.2. The van der Waals surface area contributed by atoms with Gasteiger partial charge in [0.1, 0.15) is 0 Å². The molecule has 0 atom stereocenters. The summed E-state index contributed by atoms with van der Waals surface area (Å²) >= 11 is 1.48. The van der Waals surface area contributed by atoms with Crippen LogP contribution in [0.3, 0.4) is 0 Å². The highest BCUT2D eigenvalue weighted by Crippen LogP contribution is 2.35. The van der Waals surface area contributed by atoms with Gasteiger partial charge in [0.2, 0.25) is 5.13 Å². The fourth-order valence-electron chi connectivity index (χ4n) is 2.06. The lowest BCUT2D eigenvalue weighted by molar-refractivity contribution is 1.32. The second kappa shape index (κ2) is 4.40. The Morgan fingerprint density at radius 1 is 1.32 bits per heavy atom. The first-order chi connectivity index (χ1) is 9.15. The Morgan fingerprint density at radius 2 is 2.11 bits per heavy atom. The van der Waals surface area contributed by atoms with Gasteiger partial charge >= 0.3 is 0 Å². The number of hydrogen-bond acceptors (Lipinski definition) is 3. The number of nitrogens with one attached hydrogen (secondary N) is 1. The summed E-state index contributed by atoms with van der Waals surface area (Å²) in [6.45, 7) is 2.01. The van der Waals surface area contributed by atoms with Crippen molar-refractivity contribution in [2.75, 3.05) is 0 Å². The predicted octanol–water partition coefficient (Wildman–Crippen LogP) is 2.50. The van der Waals surface area contributed by atoms with Gasteiger partial charge < -0.3 is 16.5 Å². The molecule has 3 rings (SSSR count). The summed E-state index contributed by atoms with van der Waals surface area (Å²) in [5.74, 6) is 0.0271. The number of thiazole rings is 1. The van der Waals surface area contributed by atoms with E-state index in [1.54, 1.807) is 0 Å². The zero-order valence-electron chi connectivity index (χ0n) is 10.3. The largest absolute Gasteiger partial charge is 0.370 e. The van der Waals surface area contributed by atoms with Crippen molar-refractivity contribution in [1.29, 1.82) is 0 Å². The third kappa shape index (κ3) is 2.06. The molecule has 0 unspecified atom stereocenters. The molecule has 2 heterocycles.